The first-order valence-electron chi connectivity index (χ1n) is 10.0. The molecular formula is C26H27NO3. The van der Waals surface area contributed by atoms with Gasteiger partial charge in [0.05, 0.1) is 17.7 Å². The van der Waals surface area contributed by atoms with Crippen molar-refractivity contribution in [2.75, 3.05) is 5.32 Å². The van der Waals surface area contributed by atoms with E-state index >= 15 is 0 Å². The molecule has 0 spiro atoms. The van der Waals surface area contributed by atoms with Gasteiger partial charge in [-0.1, -0.05) is 66.7 Å². The molecule has 0 saturated heterocycles. The van der Waals surface area contributed by atoms with Crippen LogP contribution < -0.4 is 5.32 Å². The number of esters is 1. The summed E-state index contributed by atoms with van der Waals surface area (Å²) in [6, 6.07) is 25.2. The molecule has 1 N–H and O–H groups in total. The predicted octanol–water partition coefficient (Wildman–Crippen LogP) is 5.41. The summed E-state index contributed by atoms with van der Waals surface area (Å²) in [6.07, 6.45) is 1.09. The highest BCUT2D eigenvalue weighted by atomic mass is 16.6. The Labute approximate surface area is 177 Å². The molecule has 3 aromatic carbocycles. The molecule has 0 aromatic heterocycles. The van der Waals surface area contributed by atoms with Gasteiger partial charge in [0.25, 0.3) is 0 Å². The van der Waals surface area contributed by atoms with E-state index in [9.17, 15) is 9.59 Å². The number of nitrogens with one attached hydrogen (secondary N) is 1. The van der Waals surface area contributed by atoms with Crippen LogP contribution in [0.5, 0.6) is 0 Å². The van der Waals surface area contributed by atoms with Crippen molar-refractivity contribution in [1.29, 1.82) is 0 Å². The molecule has 0 unspecified atom stereocenters. The minimum absolute atomic E-state index is 0.179. The molecule has 4 nitrogen and oxygen atoms in total. The van der Waals surface area contributed by atoms with Gasteiger partial charge >= 0.3 is 5.97 Å². The Hall–Kier alpha value is -3.40. The van der Waals surface area contributed by atoms with Crippen LogP contribution in [0.4, 0.5) is 5.69 Å². The van der Waals surface area contributed by atoms with Crippen molar-refractivity contribution in [3.63, 3.8) is 0 Å². The summed E-state index contributed by atoms with van der Waals surface area (Å²) >= 11 is 0. The summed E-state index contributed by atoms with van der Waals surface area (Å²) in [5.41, 5.74) is 3.56. The van der Waals surface area contributed by atoms with Gasteiger partial charge in [-0.3, -0.25) is 4.79 Å². The lowest BCUT2D eigenvalue weighted by Crippen LogP contribution is -2.25. The third kappa shape index (κ3) is 6.31. The lowest BCUT2D eigenvalue weighted by Gasteiger charge is -2.20. The van der Waals surface area contributed by atoms with E-state index < -0.39 is 11.6 Å². The maximum absolute atomic E-state index is 12.6. The fourth-order valence-electron chi connectivity index (χ4n) is 3.09. The van der Waals surface area contributed by atoms with E-state index in [0.717, 1.165) is 12.0 Å². The molecule has 3 rings (SSSR count). The summed E-state index contributed by atoms with van der Waals surface area (Å²) in [6.45, 7) is 5.44. The van der Waals surface area contributed by atoms with Gasteiger partial charge in [-0.05, 0) is 56.0 Å². The first-order valence-corrected chi connectivity index (χ1v) is 10.0. The molecule has 0 heterocycles. The highest BCUT2D eigenvalue weighted by Crippen LogP contribution is 2.20. The van der Waals surface area contributed by atoms with E-state index in [1.165, 1.54) is 11.1 Å². The van der Waals surface area contributed by atoms with E-state index in [1.54, 1.807) is 24.3 Å². The second-order valence-electron chi connectivity index (χ2n) is 8.25. The molecular weight excluding hydrogens is 374 g/mol. The monoisotopic (exact) mass is 401 g/mol. The van der Waals surface area contributed by atoms with E-state index in [-0.39, 0.29) is 12.3 Å². The lowest BCUT2D eigenvalue weighted by molar-refractivity contribution is -0.115. The molecule has 1 amide bonds. The summed E-state index contributed by atoms with van der Waals surface area (Å²) in [7, 11) is 0. The maximum Gasteiger partial charge on any atom is 0.340 e. The molecule has 30 heavy (non-hydrogen) atoms. The number of amides is 1. The smallest absolute Gasteiger partial charge is 0.340 e. The number of ether oxygens (including phenoxy) is 1. The zero-order chi connectivity index (χ0) is 21.6. The van der Waals surface area contributed by atoms with Crippen molar-refractivity contribution in [3.05, 3.63) is 101 Å². The van der Waals surface area contributed by atoms with Crippen LogP contribution in [-0.2, 0) is 22.4 Å². The molecule has 0 radical (unpaired) electrons. The second-order valence-corrected chi connectivity index (χ2v) is 8.25. The average Bonchev–Trinajstić information content (AvgIpc) is 2.69. The lowest BCUT2D eigenvalue weighted by atomic mass is 10.0. The number of carbonyl (C=O) groups excluding carboxylic acids is 2. The molecule has 0 fully saturated rings. The van der Waals surface area contributed by atoms with E-state index in [1.807, 2.05) is 63.2 Å². The number of hydrogen-bond donors (Lipinski definition) is 1. The van der Waals surface area contributed by atoms with Crippen LogP contribution in [0, 0.1) is 0 Å². The summed E-state index contributed by atoms with van der Waals surface area (Å²) in [4.78, 5) is 25.0. The van der Waals surface area contributed by atoms with E-state index in [0.29, 0.717) is 11.3 Å². The standard InChI is InChI=1S/C26H27NO3/c1-26(2,3)30-25(29)22-11-7-8-12-23(22)27-24(28)18-21-15-13-20(14-16-21)17-19-9-5-4-6-10-19/h4-16H,17-18H2,1-3H3,(H,27,28). The largest absolute Gasteiger partial charge is 0.456 e. The Morgan fingerprint density at radius 2 is 1.33 bits per heavy atom. The Morgan fingerprint density at radius 1 is 0.767 bits per heavy atom. The van der Waals surface area contributed by atoms with Crippen LogP contribution in [0.1, 0.15) is 47.8 Å². The van der Waals surface area contributed by atoms with Crippen molar-refractivity contribution in [2.24, 2.45) is 0 Å². The van der Waals surface area contributed by atoms with Crippen LogP contribution in [0.25, 0.3) is 0 Å². The van der Waals surface area contributed by atoms with Crippen molar-refractivity contribution in [2.45, 2.75) is 39.2 Å². The zero-order valence-corrected chi connectivity index (χ0v) is 17.6. The average molecular weight is 402 g/mol. The molecule has 3 aromatic rings. The van der Waals surface area contributed by atoms with E-state index in [4.69, 9.17) is 4.74 Å². The quantitative estimate of drug-likeness (QED) is 0.562. The Balaban J connectivity index is 1.63. The predicted molar refractivity (Wildman–Crippen MR) is 120 cm³/mol. The van der Waals surface area contributed by atoms with Crippen LogP contribution in [0.2, 0.25) is 0 Å². The van der Waals surface area contributed by atoms with Gasteiger partial charge in [-0.2, -0.15) is 0 Å². The molecule has 0 aliphatic heterocycles. The minimum atomic E-state index is -0.601. The fourth-order valence-corrected chi connectivity index (χ4v) is 3.09. The molecule has 0 atom stereocenters. The summed E-state index contributed by atoms with van der Waals surface area (Å²) in [5.74, 6) is -0.634. The van der Waals surface area contributed by atoms with Gasteiger partial charge in [-0.15, -0.1) is 0 Å². The number of anilines is 1. The van der Waals surface area contributed by atoms with Crippen LogP contribution in [0.15, 0.2) is 78.9 Å². The normalized spacial score (nSPS) is 11.0. The number of rotatable bonds is 6. The maximum atomic E-state index is 12.6. The number of benzene rings is 3. The molecule has 0 aliphatic rings. The van der Waals surface area contributed by atoms with Gasteiger partial charge in [-0.25, -0.2) is 4.79 Å². The molecule has 0 saturated carbocycles. The van der Waals surface area contributed by atoms with Gasteiger partial charge in [0.1, 0.15) is 5.60 Å². The third-order valence-corrected chi connectivity index (χ3v) is 4.46. The highest BCUT2D eigenvalue weighted by Gasteiger charge is 2.20. The van der Waals surface area contributed by atoms with Gasteiger partial charge in [0, 0.05) is 0 Å². The summed E-state index contributed by atoms with van der Waals surface area (Å²) in [5, 5.41) is 2.84. The van der Waals surface area contributed by atoms with Gasteiger partial charge in [0.2, 0.25) is 5.91 Å². The highest BCUT2D eigenvalue weighted by molar-refractivity contribution is 6.01. The number of para-hydroxylation sites is 1. The topological polar surface area (TPSA) is 55.4 Å². The second kappa shape index (κ2) is 9.40. The van der Waals surface area contributed by atoms with Crippen molar-refractivity contribution < 1.29 is 14.3 Å². The first-order chi connectivity index (χ1) is 14.3. The molecule has 154 valence electrons. The van der Waals surface area contributed by atoms with Crippen LogP contribution >= 0.6 is 0 Å². The van der Waals surface area contributed by atoms with E-state index in [2.05, 4.69) is 17.4 Å². The van der Waals surface area contributed by atoms with Crippen LogP contribution in [-0.4, -0.2) is 17.5 Å². The Kier molecular flexibility index (Phi) is 6.68. The number of carbonyl (C=O) groups is 2. The zero-order valence-electron chi connectivity index (χ0n) is 17.6. The Bertz CT molecular complexity index is 1000. The number of hydrogen-bond acceptors (Lipinski definition) is 3. The Morgan fingerprint density at radius 3 is 2.00 bits per heavy atom. The van der Waals surface area contributed by atoms with Gasteiger partial charge in [0.15, 0.2) is 0 Å². The minimum Gasteiger partial charge on any atom is -0.456 e. The van der Waals surface area contributed by atoms with Crippen LogP contribution in [0.3, 0.4) is 0 Å². The van der Waals surface area contributed by atoms with Gasteiger partial charge < -0.3 is 10.1 Å². The fraction of sp³-hybridized carbons (Fsp3) is 0.231. The first kappa shape index (κ1) is 21.3. The van der Waals surface area contributed by atoms with Crippen molar-refractivity contribution in [1.82, 2.24) is 0 Å². The SMILES string of the molecule is CC(C)(C)OC(=O)c1ccccc1NC(=O)Cc1ccc(Cc2ccccc2)cc1. The molecule has 0 aliphatic carbocycles. The third-order valence-electron chi connectivity index (χ3n) is 4.46. The van der Waals surface area contributed by atoms with Crippen molar-refractivity contribution >= 4 is 17.6 Å². The van der Waals surface area contributed by atoms with Crippen molar-refractivity contribution in [3.8, 4) is 0 Å². The molecule has 0 bridgehead atoms. The molecule has 4 heteroatoms. The summed E-state index contributed by atoms with van der Waals surface area (Å²) < 4.78 is 5.44.